The molecule has 0 saturated heterocycles. The molecule has 2 N–H and O–H groups in total. The van der Waals surface area contributed by atoms with Crippen LogP contribution in [0.1, 0.15) is 23.4 Å². The van der Waals surface area contributed by atoms with Gasteiger partial charge in [0.1, 0.15) is 11.4 Å². The average molecular weight is 376 g/mol. The standard InChI is InChI=1S/C15H16N6O6/c1-9-14(21(25)26)10(2)19(17-9)8-7-13(22)27-18-15(16)11-3-5-12(6-4-11)20(23)24/h3-6H,7-8H2,1-2H3,(H2,16,18). The Morgan fingerprint density at radius 1 is 1.22 bits per heavy atom. The van der Waals surface area contributed by atoms with E-state index in [4.69, 9.17) is 10.6 Å². The number of oxime groups is 1. The number of hydrogen-bond acceptors (Lipinski definition) is 8. The van der Waals surface area contributed by atoms with Crippen LogP contribution in [0.5, 0.6) is 0 Å². The van der Waals surface area contributed by atoms with E-state index in [0.717, 1.165) is 0 Å². The second kappa shape index (κ2) is 8.03. The molecule has 0 atom stereocenters. The smallest absolute Gasteiger partial charge is 0.336 e. The summed E-state index contributed by atoms with van der Waals surface area (Å²) in [6.45, 7) is 3.12. The summed E-state index contributed by atoms with van der Waals surface area (Å²) in [7, 11) is 0. The first-order valence-electron chi connectivity index (χ1n) is 7.67. The fourth-order valence-electron chi connectivity index (χ4n) is 2.32. The fraction of sp³-hybridized carbons (Fsp3) is 0.267. The normalized spacial score (nSPS) is 11.3. The molecule has 0 unspecified atom stereocenters. The minimum atomic E-state index is -0.713. The van der Waals surface area contributed by atoms with E-state index in [0.29, 0.717) is 11.3 Å². The Labute approximate surface area is 152 Å². The number of nitrogens with zero attached hydrogens (tertiary/aromatic N) is 5. The number of carbonyl (C=O) groups excluding carboxylic acids is 1. The molecular formula is C15H16N6O6. The highest BCUT2D eigenvalue weighted by Crippen LogP contribution is 2.21. The second-order valence-electron chi connectivity index (χ2n) is 5.49. The zero-order chi connectivity index (χ0) is 20.1. The molecule has 1 aromatic heterocycles. The van der Waals surface area contributed by atoms with Crippen molar-refractivity contribution < 1.29 is 19.5 Å². The van der Waals surface area contributed by atoms with Crippen LogP contribution >= 0.6 is 0 Å². The van der Waals surface area contributed by atoms with Crippen LogP contribution in [0.3, 0.4) is 0 Å². The lowest BCUT2D eigenvalue weighted by Gasteiger charge is -2.03. The quantitative estimate of drug-likeness (QED) is 0.249. The van der Waals surface area contributed by atoms with Crippen molar-refractivity contribution in [3.05, 3.63) is 61.4 Å². The van der Waals surface area contributed by atoms with Gasteiger partial charge in [0.05, 0.1) is 22.8 Å². The maximum atomic E-state index is 11.8. The molecule has 1 aromatic carbocycles. The van der Waals surface area contributed by atoms with Crippen LogP contribution in [0.25, 0.3) is 0 Å². The maximum absolute atomic E-state index is 11.8. The molecular weight excluding hydrogens is 360 g/mol. The number of rotatable bonds is 7. The highest BCUT2D eigenvalue weighted by molar-refractivity contribution is 5.97. The van der Waals surface area contributed by atoms with Gasteiger partial charge in [0.15, 0.2) is 5.84 Å². The third kappa shape index (κ3) is 4.62. The summed E-state index contributed by atoms with van der Waals surface area (Å²) in [6, 6.07) is 5.24. The number of aromatic nitrogens is 2. The van der Waals surface area contributed by atoms with Crippen LogP contribution in [-0.2, 0) is 16.2 Å². The Morgan fingerprint density at radius 3 is 2.37 bits per heavy atom. The minimum Gasteiger partial charge on any atom is -0.380 e. The van der Waals surface area contributed by atoms with E-state index in [1.54, 1.807) is 0 Å². The predicted molar refractivity (Wildman–Crippen MR) is 92.9 cm³/mol. The molecule has 0 amide bonds. The van der Waals surface area contributed by atoms with Crippen molar-refractivity contribution in [1.29, 1.82) is 0 Å². The SMILES string of the molecule is Cc1nn(CCC(=O)O/N=C(\N)c2ccc([N+](=O)[O-])cc2)c(C)c1[N+](=O)[O-]. The molecule has 27 heavy (non-hydrogen) atoms. The van der Waals surface area contributed by atoms with E-state index in [1.807, 2.05) is 0 Å². The molecule has 0 bridgehead atoms. The van der Waals surface area contributed by atoms with Crippen molar-refractivity contribution in [2.24, 2.45) is 10.9 Å². The zero-order valence-corrected chi connectivity index (χ0v) is 14.5. The first-order valence-corrected chi connectivity index (χ1v) is 7.67. The predicted octanol–water partition coefficient (Wildman–Crippen LogP) is 1.57. The van der Waals surface area contributed by atoms with Crippen LogP contribution in [-0.4, -0.2) is 31.4 Å². The van der Waals surface area contributed by atoms with Crippen molar-refractivity contribution in [2.45, 2.75) is 26.8 Å². The van der Waals surface area contributed by atoms with Gasteiger partial charge in [0, 0.05) is 17.7 Å². The lowest BCUT2D eigenvalue weighted by Crippen LogP contribution is -2.16. The van der Waals surface area contributed by atoms with E-state index in [2.05, 4.69) is 10.3 Å². The lowest BCUT2D eigenvalue weighted by molar-refractivity contribution is -0.386. The molecule has 0 saturated carbocycles. The fourth-order valence-corrected chi connectivity index (χ4v) is 2.32. The van der Waals surface area contributed by atoms with E-state index in [-0.39, 0.29) is 35.9 Å². The summed E-state index contributed by atoms with van der Waals surface area (Å²) in [5.74, 6) is -0.838. The largest absolute Gasteiger partial charge is 0.380 e. The van der Waals surface area contributed by atoms with E-state index >= 15 is 0 Å². The number of carbonyl (C=O) groups is 1. The van der Waals surface area contributed by atoms with Gasteiger partial charge in [-0.3, -0.25) is 24.9 Å². The Morgan fingerprint density at radius 2 is 1.85 bits per heavy atom. The lowest BCUT2D eigenvalue weighted by atomic mass is 10.2. The first kappa shape index (κ1) is 19.5. The molecule has 2 rings (SSSR count). The molecule has 0 aliphatic heterocycles. The summed E-state index contributed by atoms with van der Waals surface area (Å²) in [5, 5.41) is 29.1. The van der Waals surface area contributed by atoms with Crippen LogP contribution in [0.2, 0.25) is 0 Å². The van der Waals surface area contributed by atoms with Crippen molar-refractivity contribution in [2.75, 3.05) is 0 Å². The van der Waals surface area contributed by atoms with Crippen molar-refractivity contribution in [3.8, 4) is 0 Å². The van der Waals surface area contributed by atoms with Crippen LogP contribution in [0.15, 0.2) is 29.4 Å². The molecule has 0 fully saturated rings. The Kier molecular flexibility index (Phi) is 5.80. The number of nitro benzene ring substituents is 1. The Bertz CT molecular complexity index is 918. The van der Waals surface area contributed by atoms with Crippen LogP contribution in [0.4, 0.5) is 11.4 Å². The van der Waals surface area contributed by atoms with Crippen molar-refractivity contribution in [1.82, 2.24) is 9.78 Å². The zero-order valence-electron chi connectivity index (χ0n) is 14.5. The molecule has 0 radical (unpaired) electrons. The molecule has 12 nitrogen and oxygen atoms in total. The van der Waals surface area contributed by atoms with Gasteiger partial charge in [-0.15, -0.1) is 0 Å². The molecule has 142 valence electrons. The van der Waals surface area contributed by atoms with Gasteiger partial charge < -0.3 is 10.6 Å². The molecule has 12 heteroatoms. The van der Waals surface area contributed by atoms with E-state index in [1.165, 1.54) is 42.8 Å². The molecule has 1 heterocycles. The molecule has 2 aromatic rings. The number of amidine groups is 1. The summed E-state index contributed by atoms with van der Waals surface area (Å²) in [4.78, 5) is 37.0. The number of nitrogens with two attached hydrogens (primary N) is 1. The Balaban J connectivity index is 1.96. The summed E-state index contributed by atoms with van der Waals surface area (Å²) in [6.07, 6.45) is -0.129. The van der Waals surface area contributed by atoms with E-state index in [9.17, 15) is 25.0 Å². The van der Waals surface area contributed by atoms with Gasteiger partial charge in [-0.2, -0.15) is 5.10 Å². The Hall–Kier alpha value is -3.83. The monoisotopic (exact) mass is 376 g/mol. The molecule has 0 aliphatic rings. The van der Waals surface area contributed by atoms with Crippen molar-refractivity contribution in [3.63, 3.8) is 0 Å². The van der Waals surface area contributed by atoms with Gasteiger partial charge >= 0.3 is 11.7 Å². The number of hydrogen-bond donors (Lipinski definition) is 1. The summed E-state index contributed by atoms with van der Waals surface area (Å²) >= 11 is 0. The van der Waals surface area contributed by atoms with Gasteiger partial charge in [-0.25, -0.2) is 4.79 Å². The summed E-state index contributed by atoms with van der Waals surface area (Å²) < 4.78 is 1.35. The highest BCUT2D eigenvalue weighted by Gasteiger charge is 2.22. The van der Waals surface area contributed by atoms with Crippen LogP contribution in [0, 0.1) is 34.1 Å². The number of non-ortho nitro benzene ring substituents is 1. The number of aryl methyl sites for hydroxylation is 2. The highest BCUT2D eigenvalue weighted by atomic mass is 16.7. The van der Waals surface area contributed by atoms with Crippen LogP contribution < -0.4 is 5.73 Å². The topological polar surface area (TPSA) is 169 Å². The summed E-state index contributed by atoms with van der Waals surface area (Å²) in [5.41, 5.74) is 6.40. The van der Waals surface area contributed by atoms with Crippen molar-refractivity contribution >= 4 is 23.2 Å². The molecule has 0 aliphatic carbocycles. The minimum absolute atomic E-state index is 0.0757. The van der Waals surface area contributed by atoms with Gasteiger partial charge in [-0.1, -0.05) is 5.16 Å². The third-order valence-electron chi connectivity index (χ3n) is 3.67. The number of nitro groups is 2. The number of benzene rings is 1. The molecule has 0 spiro atoms. The van der Waals surface area contributed by atoms with Gasteiger partial charge in [-0.05, 0) is 26.0 Å². The van der Waals surface area contributed by atoms with Gasteiger partial charge in [0.25, 0.3) is 5.69 Å². The van der Waals surface area contributed by atoms with E-state index < -0.39 is 15.8 Å². The maximum Gasteiger partial charge on any atom is 0.336 e. The van der Waals surface area contributed by atoms with Gasteiger partial charge in [0.2, 0.25) is 0 Å². The second-order valence-corrected chi connectivity index (χ2v) is 5.49. The average Bonchev–Trinajstić information content (AvgIpc) is 2.91. The first-order chi connectivity index (χ1) is 12.7. The third-order valence-corrected chi connectivity index (χ3v) is 3.67.